The third-order valence-corrected chi connectivity index (χ3v) is 6.42. The fourth-order valence-electron chi connectivity index (χ4n) is 3.71. The minimum atomic E-state index is -1.08. The minimum Gasteiger partial charge on any atom is -0.390 e. The Morgan fingerprint density at radius 3 is 2.52 bits per heavy atom. The number of aliphatic hydroxyl groups excluding tert-OH is 1. The molecule has 1 saturated heterocycles. The van der Waals surface area contributed by atoms with E-state index in [1.807, 2.05) is 51.1 Å². The maximum atomic E-state index is 12.5. The zero-order valence-corrected chi connectivity index (χ0v) is 20.4. The van der Waals surface area contributed by atoms with Crippen LogP contribution in [0.5, 0.6) is 0 Å². The van der Waals surface area contributed by atoms with Crippen LogP contribution >= 0.6 is 11.8 Å². The van der Waals surface area contributed by atoms with Gasteiger partial charge in [0, 0.05) is 36.2 Å². The molecule has 1 aliphatic heterocycles. The van der Waals surface area contributed by atoms with Crippen molar-refractivity contribution in [1.29, 1.82) is 0 Å². The summed E-state index contributed by atoms with van der Waals surface area (Å²) >= 11 is 1.71. The van der Waals surface area contributed by atoms with Crippen molar-refractivity contribution in [3.63, 3.8) is 0 Å². The van der Waals surface area contributed by atoms with Gasteiger partial charge in [-0.2, -0.15) is 0 Å². The molecule has 3 amide bonds. The van der Waals surface area contributed by atoms with Crippen LogP contribution in [0.4, 0.5) is 0 Å². The van der Waals surface area contributed by atoms with Crippen LogP contribution in [-0.2, 0) is 20.8 Å². The van der Waals surface area contributed by atoms with Gasteiger partial charge in [0.05, 0.1) is 24.6 Å². The van der Waals surface area contributed by atoms with Crippen molar-refractivity contribution in [3.8, 4) is 0 Å². The van der Waals surface area contributed by atoms with E-state index in [0.717, 1.165) is 11.3 Å². The summed E-state index contributed by atoms with van der Waals surface area (Å²) in [6, 6.07) is 7.81. The van der Waals surface area contributed by atoms with Crippen LogP contribution in [0.1, 0.15) is 39.2 Å². The van der Waals surface area contributed by atoms with Crippen LogP contribution in [0.25, 0.3) is 0 Å². The van der Waals surface area contributed by atoms with Gasteiger partial charge in [-0.15, -0.1) is 11.8 Å². The average molecular weight is 480 g/mol. The molecule has 0 aromatic heterocycles. The lowest BCUT2D eigenvalue weighted by atomic mass is 9.99. The number of β-amino-alcohol motifs (C(OH)–C–C–N with tert-alkyl or cyclic N) is 1. The Labute approximate surface area is 200 Å². The average Bonchev–Trinajstić information content (AvgIpc) is 3.12. The molecule has 0 aliphatic carbocycles. The quantitative estimate of drug-likeness (QED) is 0.299. The molecule has 1 aliphatic rings. The van der Waals surface area contributed by atoms with Gasteiger partial charge in [-0.05, 0) is 32.8 Å². The number of nitrogens with zero attached hydrogens (tertiary/aromatic N) is 1. The Balaban J connectivity index is 2.06. The highest BCUT2D eigenvalue weighted by Gasteiger charge is 2.33. The highest BCUT2D eigenvalue weighted by Crippen LogP contribution is 2.24. The van der Waals surface area contributed by atoms with Crippen LogP contribution in [0.15, 0.2) is 30.3 Å². The van der Waals surface area contributed by atoms with E-state index in [-0.39, 0.29) is 23.9 Å². The van der Waals surface area contributed by atoms with Gasteiger partial charge < -0.3 is 27.2 Å². The number of primary amides is 1. The predicted molar refractivity (Wildman–Crippen MR) is 130 cm³/mol. The van der Waals surface area contributed by atoms with Crippen LogP contribution in [-0.4, -0.2) is 75.7 Å². The Hall–Kier alpha value is -2.14. The van der Waals surface area contributed by atoms with E-state index in [9.17, 15) is 19.5 Å². The number of thioether (sulfide) groups is 1. The molecule has 1 fully saturated rings. The SMILES string of the molecule is CC(C)(C)NC(=O)C[C@@H]1CSCN1C[C@@H](O)[C@H](Cc1ccccc1)NC(=O)[C@@H](N)CC(N)=O. The number of aliphatic hydroxyl groups is 1. The van der Waals surface area contributed by atoms with E-state index in [4.69, 9.17) is 11.5 Å². The Morgan fingerprint density at radius 2 is 1.91 bits per heavy atom. The third kappa shape index (κ3) is 9.71. The maximum absolute atomic E-state index is 12.5. The van der Waals surface area contributed by atoms with Gasteiger partial charge in [0.1, 0.15) is 0 Å². The zero-order chi connectivity index (χ0) is 24.6. The number of nitrogens with one attached hydrogen (secondary N) is 2. The molecule has 33 heavy (non-hydrogen) atoms. The largest absolute Gasteiger partial charge is 0.390 e. The maximum Gasteiger partial charge on any atom is 0.237 e. The minimum absolute atomic E-state index is 0.00260. The van der Waals surface area contributed by atoms with E-state index in [1.165, 1.54) is 0 Å². The standard InChI is InChI=1S/C23H37N5O4S/c1-23(2,3)27-21(31)10-16-13-33-14-28(16)12-19(29)18(9-15-7-5-4-6-8-15)26-22(32)17(24)11-20(25)30/h4-8,16-19,29H,9-14,24H2,1-3H3,(H2,25,30)(H,26,32)(H,27,31)/t16-,17+,18+,19-/m1/s1. The van der Waals surface area contributed by atoms with Gasteiger partial charge in [0.2, 0.25) is 17.7 Å². The molecule has 0 saturated carbocycles. The number of rotatable bonds is 11. The number of carbonyl (C=O) groups is 3. The molecule has 1 aromatic carbocycles. The topological polar surface area (TPSA) is 151 Å². The third-order valence-electron chi connectivity index (χ3n) is 5.29. The molecule has 2 rings (SSSR count). The molecule has 1 heterocycles. The number of carbonyl (C=O) groups excluding carboxylic acids is 3. The van der Waals surface area contributed by atoms with Gasteiger partial charge in [0.25, 0.3) is 0 Å². The second kappa shape index (κ2) is 12.4. The van der Waals surface area contributed by atoms with Gasteiger partial charge in [-0.3, -0.25) is 19.3 Å². The van der Waals surface area contributed by atoms with Crippen molar-refractivity contribution in [1.82, 2.24) is 15.5 Å². The number of amides is 3. The van der Waals surface area contributed by atoms with E-state index < -0.39 is 30.0 Å². The molecular formula is C23H37N5O4S. The molecule has 0 unspecified atom stereocenters. The summed E-state index contributed by atoms with van der Waals surface area (Å²) in [6.45, 7) is 6.12. The molecule has 0 radical (unpaired) electrons. The highest BCUT2D eigenvalue weighted by molar-refractivity contribution is 7.99. The Bertz CT molecular complexity index is 802. The predicted octanol–water partition coefficient (Wildman–Crippen LogP) is -0.0428. The van der Waals surface area contributed by atoms with Crippen LogP contribution in [0.3, 0.4) is 0 Å². The zero-order valence-electron chi connectivity index (χ0n) is 19.6. The van der Waals surface area contributed by atoms with E-state index in [0.29, 0.717) is 25.3 Å². The first-order chi connectivity index (χ1) is 15.4. The number of hydrogen-bond acceptors (Lipinski definition) is 7. The fourth-order valence-corrected chi connectivity index (χ4v) is 4.96. The Morgan fingerprint density at radius 1 is 1.24 bits per heavy atom. The van der Waals surface area contributed by atoms with Crippen LogP contribution in [0, 0.1) is 0 Å². The highest BCUT2D eigenvalue weighted by atomic mass is 32.2. The molecule has 0 spiro atoms. The lowest BCUT2D eigenvalue weighted by molar-refractivity contribution is -0.127. The lowest BCUT2D eigenvalue weighted by Gasteiger charge is -2.31. The van der Waals surface area contributed by atoms with Crippen LogP contribution in [0.2, 0.25) is 0 Å². The number of nitrogens with two attached hydrogens (primary N) is 2. The summed E-state index contributed by atoms with van der Waals surface area (Å²) in [5.41, 5.74) is 11.6. The van der Waals surface area contributed by atoms with Crippen molar-refractivity contribution in [2.75, 3.05) is 18.2 Å². The summed E-state index contributed by atoms with van der Waals surface area (Å²) < 4.78 is 0. The van der Waals surface area contributed by atoms with Crippen molar-refractivity contribution in [3.05, 3.63) is 35.9 Å². The molecule has 184 valence electrons. The molecular weight excluding hydrogens is 442 g/mol. The van der Waals surface area contributed by atoms with Crippen molar-refractivity contribution >= 4 is 29.5 Å². The Kier molecular flexibility index (Phi) is 10.2. The van der Waals surface area contributed by atoms with E-state index in [2.05, 4.69) is 15.5 Å². The van der Waals surface area contributed by atoms with Gasteiger partial charge in [-0.25, -0.2) is 0 Å². The smallest absolute Gasteiger partial charge is 0.237 e. The molecule has 0 bridgehead atoms. The normalized spacial score (nSPS) is 19.5. The first-order valence-electron chi connectivity index (χ1n) is 11.1. The van der Waals surface area contributed by atoms with Crippen molar-refractivity contribution in [2.24, 2.45) is 11.5 Å². The monoisotopic (exact) mass is 479 g/mol. The van der Waals surface area contributed by atoms with Gasteiger partial charge in [0.15, 0.2) is 0 Å². The molecule has 1 aromatic rings. The summed E-state index contributed by atoms with van der Waals surface area (Å²) in [6.07, 6.45) is -0.432. The molecule has 4 atom stereocenters. The number of benzene rings is 1. The lowest BCUT2D eigenvalue weighted by Crippen LogP contribution is -2.54. The first kappa shape index (κ1) is 27.1. The molecule has 10 heteroatoms. The van der Waals surface area contributed by atoms with Crippen molar-refractivity contribution < 1.29 is 19.5 Å². The molecule has 7 N–H and O–H groups in total. The number of hydrogen-bond donors (Lipinski definition) is 5. The first-order valence-corrected chi connectivity index (χ1v) is 12.3. The second-order valence-corrected chi connectivity index (χ2v) is 10.6. The summed E-state index contributed by atoms with van der Waals surface area (Å²) in [4.78, 5) is 38.2. The molecule has 9 nitrogen and oxygen atoms in total. The van der Waals surface area contributed by atoms with Gasteiger partial charge >= 0.3 is 0 Å². The van der Waals surface area contributed by atoms with Crippen molar-refractivity contribution in [2.45, 2.75) is 69.8 Å². The second-order valence-electron chi connectivity index (χ2n) is 9.58. The van der Waals surface area contributed by atoms with Gasteiger partial charge in [-0.1, -0.05) is 30.3 Å². The summed E-state index contributed by atoms with van der Waals surface area (Å²) in [7, 11) is 0. The van der Waals surface area contributed by atoms with E-state index in [1.54, 1.807) is 11.8 Å². The van der Waals surface area contributed by atoms with Crippen LogP contribution < -0.4 is 22.1 Å². The summed E-state index contributed by atoms with van der Waals surface area (Å²) in [5, 5.41) is 16.9. The fraction of sp³-hybridized carbons (Fsp3) is 0.609. The summed E-state index contributed by atoms with van der Waals surface area (Å²) in [5.74, 6) is 0.260. The van der Waals surface area contributed by atoms with E-state index >= 15 is 0 Å².